The molecule has 0 heterocycles. The van der Waals surface area contributed by atoms with Crippen LogP contribution in [0.1, 0.15) is 36.0 Å². The number of alkyl halides is 3. The third kappa shape index (κ3) is 3.86. The number of benzene rings is 2. The summed E-state index contributed by atoms with van der Waals surface area (Å²) >= 11 is 0. The summed E-state index contributed by atoms with van der Waals surface area (Å²) in [5.41, 5.74) is 2.87. The molecule has 3 heteroatoms. The molecule has 0 aliphatic carbocycles. The van der Waals surface area contributed by atoms with Crippen LogP contribution in [0, 0.1) is 0 Å². The predicted molar refractivity (Wildman–Crippen MR) is 74.8 cm³/mol. The maximum absolute atomic E-state index is 12.4. The molecule has 0 nitrogen and oxygen atoms in total. The van der Waals surface area contributed by atoms with Crippen molar-refractivity contribution in [1.82, 2.24) is 0 Å². The van der Waals surface area contributed by atoms with E-state index < -0.39 is 12.6 Å². The average molecular weight is 278 g/mol. The Morgan fingerprint density at radius 1 is 0.900 bits per heavy atom. The van der Waals surface area contributed by atoms with Gasteiger partial charge >= 0.3 is 6.18 Å². The molecular formula is C17H17F3. The topological polar surface area (TPSA) is 0 Å². The monoisotopic (exact) mass is 278 g/mol. The highest BCUT2D eigenvalue weighted by Crippen LogP contribution is 2.29. The Kier molecular flexibility index (Phi) is 4.48. The number of rotatable bonds is 4. The fourth-order valence-electron chi connectivity index (χ4n) is 2.38. The molecule has 0 saturated heterocycles. The first-order valence-electron chi connectivity index (χ1n) is 6.67. The van der Waals surface area contributed by atoms with Gasteiger partial charge in [-0.1, -0.05) is 61.5 Å². The van der Waals surface area contributed by atoms with E-state index in [9.17, 15) is 13.2 Å². The van der Waals surface area contributed by atoms with Crippen molar-refractivity contribution in [3.8, 4) is 0 Å². The van der Waals surface area contributed by atoms with Crippen LogP contribution in [0.2, 0.25) is 0 Å². The van der Waals surface area contributed by atoms with Gasteiger partial charge in [0.25, 0.3) is 0 Å². The molecule has 0 bridgehead atoms. The van der Waals surface area contributed by atoms with Crippen molar-refractivity contribution in [3.05, 3.63) is 71.3 Å². The van der Waals surface area contributed by atoms with E-state index in [0.29, 0.717) is 0 Å². The van der Waals surface area contributed by atoms with Crippen LogP contribution in [-0.4, -0.2) is 6.18 Å². The number of halogens is 3. The second kappa shape index (κ2) is 6.12. The van der Waals surface area contributed by atoms with E-state index in [2.05, 4.69) is 0 Å². The highest BCUT2D eigenvalue weighted by Gasteiger charge is 2.27. The largest absolute Gasteiger partial charge is 0.389 e. The molecule has 1 atom stereocenters. The molecule has 0 saturated carbocycles. The summed E-state index contributed by atoms with van der Waals surface area (Å²) in [5.74, 6) is 0.0978. The summed E-state index contributed by atoms with van der Waals surface area (Å²) in [6, 6.07) is 17.2. The first-order valence-corrected chi connectivity index (χ1v) is 6.67. The Bertz CT molecular complexity index is 544. The fraction of sp³-hybridized carbons (Fsp3) is 0.294. The van der Waals surface area contributed by atoms with Gasteiger partial charge in [-0.25, -0.2) is 0 Å². The summed E-state index contributed by atoms with van der Waals surface area (Å²) in [7, 11) is 0. The summed E-state index contributed by atoms with van der Waals surface area (Å²) in [6.07, 6.45) is -4.84. The lowest BCUT2D eigenvalue weighted by atomic mass is 9.88. The average Bonchev–Trinajstić information content (AvgIpc) is 2.45. The van der Waals surface area contributed by atoms with Crippen molar-refractivity contribution in [3.63, 3.8) is 0 Å². The summed E-state index contributed by atoms with van der Waals surface area (Å²) in [4.78, 5) is 0. The Morgan fingerprint density at radius 3 is 2.15 bits per heavy atom. The molecular weight excluding hydrogens is 261 g/mol. The van der Waals surface area contributed by atoms with Crippen LogP contribution in [-0.2, 0) is 6.42 Å². The normalized spacial score (nSPS) is 13.2. The minimum absolute atomic E-state index is 0.0385. The molecule has 2 aromatic carbocycles. The van der Waals surface area contributed by atoms with E-state index in [1.165, 1.54) is 0 Å². The second-order valence-corrected chi connectivity index (χ2v) is 4.95. The van der Waals surface area contributed by atoms with E-state index in [1.54, 1.807) is 12.1 Å². The van der Waals surface area contributed by atoms with Gasteiger partial charge in [0.15, 0.2) is 0 Å². The zero-order valence-electron chi connectivity index (χ0n) is 11.3. The highest BCUT2D eigenvalue weighted by molar-refractivity contribution is 5.37. The number of aryl methyl sites for hydroxylation is 1. The van der Waals surface area contributed by atoms with Crippen molar-refractivity contribution in [2.75, 3.05) is 0 Å². The predicted octanol–water partition coefficient (Wildman–Crippen LogP) is 5.33. The first-order chi connectivity index (χ1) is 9.47. The molecule has 0 fully saturated rings. The Balaban J connectivity index is 2.23. The van der Waals surface area contributed by atoms with Crippen molar-refractivity contribution < 1.29 is 13.2 Å². The molecule has 0 N–H and O–H groups in total. The van der Waals surface area contributed by atoms with Gasteiger partial charge < -0.3 is 0 Å². The van der Waals surface area contributed by atoms with Crippen LogP contribution < -0.4 is 0 Å². The van der Waals surface area contributed by atoms with Gasteiger partial charge in [0.05, 0.1) is 0 Å². The van der Waals surface area contributed by atoms with E-state index in [-0.39, 0.29) is 12.3 Å². The minimum atomic E-state index is -4.11. The van der Waals surface area contributed by atoms with E-state index in [0.717, 1.165) is 16.7 Å². The number of hydrogen-bond donors (Lipinski definition) is 0. The summed E-state index contributed by atoms with van der Waals surface area (Å²) in [6.45, 7) is 2.03. The van der Waals surface area contributed by atoms with Crippen LogP contribution >= 0.6 is 0 Å². The zero-order valence-corrected chi connectivity index (χ0v) is 11.3. The molecule has 20 heavy (non-hydrogen) atoms. The van der Waals surface area contributed by atoms with Crippen LogP contribution in [0.4, 0.5) is 13.2 Å². The van der Waals surface area contributed by atoms with Gasteiger partial charge in [0.1, 0.15) is 0 Å². The molecule has 0 amide bonds. The van der Waals surface area contributed by atoms with E-state index in [4.69, 9.17) is 0 Å². The molecule has 1 unspecified atom stereocenters. The molecule has 106 valence electrons. The van der Waals surface area contributed by atoms with Gasteiger partial charge in [0.2, 0.25) is 0 Å². The maximum atomic E-state index is 12.4. The van der Waals surface area contributed by atoms with Gasteiger partial charge in [-0.3, -0.25) is 0 Å². The summed E-state index contributed by atoms with van der Waals surface area (Å²) < 4.78 is 37.2. The Hall–Kier alpha value is -1.77. The zero-order chi connectivity index (χ0) is 14.6. The first kappa shape index (κ1) is 14.6. The molecule has 2 aromatic rings. The fourth-order valence-corrected chi connectivity index (χ4v) is 2.38. The molecule has 0 spiro atoms. The van der Waals surface area contributed by atoms with Gasteiger partial charge in [-0.15, -0.1) is 0 Å². The molecule has 0 radical (unpaired) electrons. The lowest BCUT2D eigenvalue weighted by Crippen LogP contribution is -2.10. The minimum Gasteiger partial charge on any atom is -0.171 e. The van der Waals surface area contributed by atoms with Crippen molar-refractivity contribution in [2.24, 2.45) is 0 Å². The standard InChI is InChI=1S/C17H17F3/c1-13(14-7-3-2-4-8-14)16-10-6-5-9-15(16)11-12-17(18,19)20/h2-10,13H,11-12H2,1H3. The maximum Gasteiger partial charge on any atom is 0.389 e. The highest BCUT2D eigenvalue weighted by atomic mass is 19.4. The lowest BCUT2D eigenvalue weighted by Gasteiger charge is -2.17. The smallest absolute Gasteiger partial charge is 0.171 e. The second-order valence-electron chi connectivity index (χ2n) is 4.95. The molecule has 0 aromatic heterocycles. The van der Waals surface area contributed by atoms with Gasteiger partial charge in [-0.2, -0.15) is 13.2 Å². The third-order valence-corrected chi connectivity index (χ3v) is 3.50. The van der Waals surface area contributed by atoms with Crippen LogP contribution in [0.3, 0.4) is 0 Å². The number of hydrogen-bond acceptors (Lipinski definition) is 0. The SMILES string of the molecule is CC(c1ccccc1)c1ccccc1CCC(F)(F)F. The lowest BCUT2D eigenvalue weighted by molar-refractivity contribution is -0.134. The summed E-state index contributed by atoms with van der Waals surface area (Å²) in [5, 5.41) is 0. The van der Waals surface area contributed by atoms with Gasteiger partial charge in [-0.05, 0) is 23.1 Å². The molecule has 0 aliphatic heterocycles. The van der Waals surface area contributed by atoms with Gasteiger partial charge in [0, 0.05) is 12.3 Å². The third-order valence-electron chi connectivity index (χ3n) is 3.50. The van der Waals surface area contributed by atoms with E-state index in [1.807, 2.05) is 49.4 Å². The molecule has 2 rings (SSSR count). The van der Waals surface area contributed by atoms with Crippen LogP contribution in [0.25, 0.3) is 0 Å². The van der Waals surface area contributed by atoms with Crippen molar-refractivity contribution >= 4 is 0 Å². The molecule has 0 aliphatic rings. The van der Waals surface area contributed by atoms with E-state index >= 15 is 0 Å². The quantitative estimate of drug-likeness (QED) is 0.708. The van der Waals surface area contributed by atoms with Crippen LogP contribution in [0.5, 0.6) is 0 Å². The van der Waals surface area contributed by atoms with Crippen LogP contribution in [0.15, 0.2) is 54.6 Å². The Morgan fingerprint density at radius 2 is 1.50 bits per heavy atom. The van der Waals surface area contributed by atoms with Crippen molar-refractivity contribution in [1.29, 1.82) is 0 Å². The Labute approximate surface area is 117 Å². The van der Waals surface area contributed by atoms with Crippen molar-refractivity contribution in [2.45, 2.75) is 31.9 Å².